The number of amides is 1. The SMILES string of the molecule is COc1ccc([C@H](C)NC(=O)[C@@H]2CN(S(=O)(=O)Cc3ccccc3)c3ccccc3O2)cc1OC. The molecule has 3 aromatic rings. The maximum Gasteiger partial charge on any atom is 0.263 e. The van der Waals surface area contributed by atoms with E-state index >= 15 is 0 Å². The lowest BCUT2D eigenvalue weighted by atomic mass is 10.1. The molecule has 1 aliphatic rings. The Morgan fingerprint density at radius 2 is 1.71 bits per heavy atom. The third-order valence-corrected chi connectivity index (χ3v) is 7.54. The predicted molar refractivity (Wildman–Crippen MR) is 133 cm³/mol. The Kier molecular flexibility index (Phi) is 7.16. The fourth-order valence-electron chi connectivity index (χ4n) is 3.98. The molecule has 1 N–H and O–H groups in total. The van der Waals surface area contributed by atoms with E-state index in [2.05, 4.69) is 5.32 Å². The second-order valence-electron chi connectivity index (χ2n) is 8.19. The van der Waals surface area contributed by atoms with Gasteiger partial charge in [-0.25, -0.2) is 8.42 Å². The summed E-state index contributed by atoms with van der Waals surface area (Å²) in [5.41, 5.74) is 1.89. The van der Waals surface area contributed by atoms with Gasteiger partial charge in [-0.1, -0.05) is 48.5 Å². The highest BCUT2D eigenvalue weighted by atomic mass is 32.2. The number of ether oxygens (including phenoxy) is 3. The smallest absolute Gasteiger partial charge is 0.263 e. The quantitative estimate of drug-likeness (QED) is 0.511. The molecule has 1 heterocycles. The van der Waals surface area contributed by atoms with Crippen molar-refractivity contribution in [3.05, 3.63) is 83.9 Å². The summed E-state index contributed by atoms with van der Waals surface area (Å²) < 4.78 is 44.6. The van der Waals surface area contributed by atoms with Gasteiger partial charge in [0.2, 0.25) is 10.0 Å². The first-order chi connectivity index (χ1) is 16.8. The van der Waals surface area contributed by atoms with E-state index in [4.69, 9.17) is 14.2 Å². The second kappa shape index (κ2) is 10.3. The zero-order valence-corrected chi connectivity index (χ0v) is 20.6. The monoisotopic (exact) mass is 496 g/mol. The van der Waals surface area contributed by atoms with E-state index in [0.717, 1.165) is 5.56 Å². The number of carbonyl (C=O) groups excluding carboxylic acids is 1. The van der Waals surface area contributed by atoms with Crippen molar-refractivity contribution in [3.8, 4) is 17.2 Å². The number of nitrogens with one attached hydrogen (secondary N) is 1. The van der Waals surface area contributed by atoms with E-state index < -0.39 is 22.0 Å². The number of fused-ring (bicyclic) bond motifs is 1. The molecular formula is C26H28N2O6S. The summed E-state index contributed by atoms with van der Waals surface area (Å²) in [7, 11) is -0.672. The Morgan fingerprint density at radius 3 is 2.43 bits per heavy atom. The first kappa shape index (κ1) is 24.4. The van der Waals surface area contributed by atoms with Gasteiger partial charge in [-0.3, -0.25) is 9.10 Å². The van der Waals surface area contributed by atoms with Gasteiger partial charge in [0.25, 0.3) is 5.91 Å². The van der Waals surface area contributed by atoms with Crippen molar-refractivity contribution in [3.63, 3.8) is 0 Å². The second-order valence-corrected chi connectivity index (χ2v) is 10.1. The summed E-state index contributed by atoms with van der Waals surface area (Å²) >= 11 is 0. The molecule has 0 fully saturated rings. The van der Waals surface area contributed by atoms with Gasteiger partial charge in [0.15, 0.2) is 17.6 Å². The summed E-state index contributed by atoms with van der Waals surface area (Å²) in [5, 5.41) is 2.93. The van der Waals surface area contributed by atoms with E-state index in [1.807, 2.05) is 19.1 Å². The summed E-state index contributed by atoms with van der Waals surface area (Å²) in [6.07, 6.45) is -1.02. The molecule has 0 unspecified atom stereocenters. The number of hydrogen-bond acceptors (Lipinski definition) is 6. The van der Waals surface area contributed by atoms with Crippen molar-refractivity contribution in [1.29, 1.82) is 0 Å². The van der Waals surface area contributed by atoms with E-state index in [9.17, 15) is 13.2 Å². The van der Waals surface area contributed by atoms with Gasteiger partial charge in [-0.15, -0.1) is 0 Å². The lowest BCUT2D eigenvalue weighted by Gasteiger charge is -2.35. The summed E-state index contributed by atoms with van der Waals surface area (Å²) in [5.74, 6) is 0.878. The summed E-state index contributed by atoms with van der Waals surface area (Å²) in [6, 6.07) is 20.8. The first-order valence-electron chi connectivity index (χ1n) is 11.1. The van der Waals surface area contributed by atoms with Crippen LogP contribution >= 0.6 is 0 Å². The van der Waals surface area contributed by atoms with Crippen LogP contribution in [0.15, 0.2) is 72.8 Å². The summed E-state index contributed by atoms with van der Waals surface area (Å²) in [4.78, 5) is 13.2. The minimum atomic E-state index is -3.77. The molecule has 4 rings (SSSR count). The van der Waals surface area contributed by atoms with Gasteiger partial charge in [0.1, 0.15) is 5.75 Å². The molecule has 0 aromatic heterocycles. The van der Waals surface area contributed by atoms with Gasteiger partial charge in [-0.2, -0.15) is 0 Å². The number of benzene rings is 3. The molecule has 0 saturated carbocycles. The van der Waals surface area contributed by atoms with Crippen LogP contribution in [0.4, 0.5) is 5.69 Å². The number of para-hydroxylation sites is 2. The number of anilines is 1. The van der Waals surface area contributed by atoms with Crippen molar-refractivity contribution < 1.29 is 27.4 Å². The van der Waals surface area contributed by atoms with Crippen LogP contribution in [0.5, 0.6) is 17.2 Å². The highest BCUT2D eigenvalue weighted by Crippen LogP contribution is 2.36. The minimum absolute atomic E-state index is 0.128. The van der Waals surface area contributed by atoms with Crippen LogP contribution in [-0.4, -0.2) is 41.2 Å². The van der Waals surface area contributed by atoms with Crippen LogP contribution in [-0.2, 0) is 20.6 Å². The van der Waals surface area contributed by atoms with Crippen molar-refractivity contribution in [1.82, 2.24) is 5.32 Å². The van der Waals surface area contributed by atoms with Gasteiger partial charge in [0, 0.05) is 0 Å². The van der Waals surface area contributed by atoms with E-state index in [0.29, 0.717) is 28.5 Å². The fourth-order valence-corrected chi connectivity index (χ4v) is 5.56. The Hall–Kier alpha value is -3.72. The molecule has 0 radical (unpaired) electrons. The van der Waals surface area contributed by atoms with E-state index in [1.54, 1.807) is 74.9 Å². The fraction of sp³-hybridized carbons (Fsp3) is 0.269. The van der Waals surface area contributed by atoms with Crippen LogP contribution in [0.25, 0.3) is 0 Å². The molecule has 1 aliphatic heterocycles. The van der Waals surface area contributed by atoms with Crippen LogP contribution in [0.3, 0.4) is 0 Å². The summed E-state index contributed by atoms with van der Waals surface area (Å²) in [6.45, 7) is 1.70. The number of nitrogens with zero attached hydrogens (tertiary/aromatic N) is 1. The molecule has 184 valence electrons. The molecular weight excluding hydrogens is 468 g/mol. The van der Waals surface area contributed by atoms with Gasteiger partial charge in [0.05, 0.1) is 38.2 Å². The minimum Gasteiger partial charge on any atom is -0.493 e. The molecule has 2 atom stereocenters. The average Bonchev–Trinajstić information content (AvgIpc) is 2.87. The standard InChI is InChI=1S/C26H28N2O6S/c1-18(20-13-14-23(32-2)24(15-20)33-3)27-26(29)25-16-28(21-11-7-8-12-22(21)34-25)35(30,31)17-19-9-5-4-6-10-19/h4-15,18,25H,16-17H2,1-3H3,(H,27,29)/t18-,25-/m0/s1. The Labute approximate surface area is 205 Å². The third-order valence-electron chi connectivity index (χ3n) is 5.82. The number of sulfonamides is 1. The predicted octanol–water partition coefficient (Wildman–Crippen LogP) is 3.68. The zero-order valence-electron chi connectivity index (χ0n) is 19.8. The first-order valence-corrected chi connectivity index (χ1v) is 12.8. The number of carbonyl (C=O) groups is 1. The highest BCUT2D eigenvalue weighted by molar-refractivity contribution is 7.92. The topological polar surface area (TPSA) is 94.2 Å². The zero-order chi connectivity index (χ0) is 25.0. The van der Waals surface area contributed by atoms with Gasteiger partial charge < -0.3 is 19.5 Å². The van der Waals surface area contributed by atoms with E-state index in [-0.39, 0.29) is 18.3 Å². The molecule has 8 nitrogen and oxygen atoms in total. The average molecular weight is 497 g/mol. The van der Waals surface area contributed by atoms with Crippen molar-refractivity contribution in [2.24, 2.45) is 0 Å². The van der Waals surface area contributed by atoms with Crippen LogP contribution in [0, 0.1) is 0 Å². The maximum absolute atomic E-state index is 13.4. The lowest BCUT2D eigenvalue weighted by Crippen LogP contribution is -2.51. The molecule has 35 heavy (non-hydrogen) atoms. The molecule has 0 spiro atoms. The molecule has 1 amide bonds. The van der Waals surface area contributed by atoms with Crippen LogP contribution < -0.4 is 23.8 Å². The lowest BCUT2D eigenvalue weighted by molar-refractivity contribution is -0.128. The van der Waals surface area contributed by atoms with Crippen molar-refractivity contribution >= 4 is 21.6 Å². The van der Waals surface area contributed by atoms with E-state index in [1.165, 1.54) is 4.31 Å². The molecule has 0 bridgehead atoms. The molecule has 9 heteroatoms. The normalized spacial score (nSPS) is 16.0. The van der Waals surface area contributed by atoms with Crippen LogP contribution in [0.2, 0.25) is 0 Å². The number of methoxy groups -OCH3 is 2. The highest BCUT2D eigenvalue weighted by Gasteiger charge is 2.37. The van der Waals surface area contributed by atoms with Crippen molar-refractivity contribution in [2.75, 3.05) is 25.1 Å². The third kappa shape index (κ3) is 5.35. The molecule has 0 saturated heterocycles. The Morgan fingerprint density at radius 1 is 1.03 bits per heavy atom. The van der Waals surface area contributed by atoms with Gasteiger partial charge >= 0.3 is 0 Å². The largest absolute Gasteiger partial charge is 0.493 e. The van der Waals surface area contributed by atoms with Crippen molar-refractivity contribution in [2.45, 2.75) is 24.8 Å². The maximum atomic E-state index is 13.4. The number of rotatable bonds is 8. The number of hydrogen-bond donors (Lipinski definition) is 1. The van der Waals surface area contributed by atoms with Crippen LogP contribution in [0.1, 0.15) is 24.1 Å². The Bertz CT molecular complexity index is 1300. The molecule has 3 aromatic carbocycles. The molecule has 0 aliphatic carbocycles. The Balaban J connectivity index is 1.55. The van der Waals surface area contributed by atoms with Gasteiger partial charge in [-0.05, 0) is 42.3 Å².